The first-order valence-corrected chi connectivity index (χ1v) is 10.3. The molecule has 0 aromatic rings. The van der Waals surface area contributed by atoms with Crippen LogP contribution in [0.3, 0.4) is 0 Å². The van der Waals surface area contributed by atoms with Gasteiger partial charge < -0.3 is 29.9 Å². The lowest BCUT2D eigenvalue weighted by Gasteiger charge is -2.75. The topological polar surface area (TPSA) is 116 Å². The predicted octanol–water partition coefficient (Wildman–Crippen LogP) is 0.348. The Morgan fingerprint density at radius 3 is 2.57 bits per heavy atom. The summed E-state index contributed by atoms with van der Waals surface area (Å²) in [5.74, 6) is -3.50. The van der Waals surface area contributed by atoms with E-state index in [1.54, 1.807) is 0 Å². The predicted molar refractivity (Wildman–Crippen MR) is 96.6 cm³/mol. The summed E-state index contributed by atoms with van der Waals surface area (Å²) in [6.07, 6.45) is -1.37. The van der Waals surface area contributed by atoms with Crippen LogP contribution in [0.25, 0.3) is 0 Å². The Labute approximate surface area is 164 Å². The van der Waals surface area contributed by atoms with E-state index in [1.807, 2.05) is 0 Å². The lowest BCUT2D eigenvalue weighted by molar-refractivity contribution is -0.475. The van der Waals surface area contributed by atoms with Crippen LogP contribution in [-0.4, -0.2) is 63.7 Å². The van der Waals surface area contributed by atoms with Crippen molar-refractivity contribution in [2.45, 2.75) is 69.7 Å². The van der Waals surface area contributed by atoms with E-state index in [-0.39, 0.29) is 17.9 Å². The molecule has 4 bridgehead atoms. The first-order valence-electron chi connectivity index (χ1n) is 10.3. The summed E-state index contributed by atoms with van der Waals surface area (Å²) in [4.78, 5) is 11.3. The Morgan fingerprint density at radius 1 is 1.18 bits per heavy atom. The summed E-state index contributed by atoms with van der Waals surface area (Å²) >= 11 is 0. The highest BCUT2D eigenvalue weighted by Gasteiger charge is 2.87. The minimum Gasteiger partial charge on any atom is -0.464 e. The Hall–Kier alpha value is -0.990. The third-order valence-electron chi connectivity index (χ3n) is 9.20. The molecule has 7 nitrogen and oxygen atoms in total. The van der Waals surface area contributed by atoms with Gasteiger partial charge in [-0.3, -0.25) is 4.79 Å². The molecule has 4 unspecified atom stereocenters. The second-order valence-corrected chi connectivity index (χ2v) is 10.4. The fraction of sp³-hybridized carbons (Fsp3) is 0.857. The smallest absolute Gasteiger partial charge is 0.293 e. The van der Waals surface area contributed by atoms with Crippen LogP contribution in [0.4, 0.5) is 0 Å². The van der Waals surface area contributed by atoms with Gasteiger partial charge in [0.05, 0.1) is 24.2 Å². The van der Waals surface area contributed by atoms with Crippen LogP contribution < -0.4 is 0 Å². The van der Waals surface area contributed by atoms with Crippen LogP contribution >= 0.6 is 0 Å². The van der Waals surface area contributed by atoms with Crippen LogP contribution in [0.2, 0.25) is 0 Å². The molecule has 6 rings (SSSR count). The second kappa shape index (κ2) is 5.38. The maximum atomic E-state index is 11.8. The summed E-state index contributed by atoms with van der Waals surface area (Å²) in [5, 5.41) is 45.8. The molecule has 10 atom stereocenters. The van der Waals surface area contributed by atoms with Gasteiger partial charge in [0.15, 0.2) is 0 Å². The average Bonchev–Trinajstić information content (AvgIpc) is 2.74. The van der Waals surface area contributed by atoms with Crippen molar-refractivity contribution in [1.29, 1.82) is 0 Å². The van der Waals surface area contributed by atoms with E-state index in [0.717, 1.165) is 19.3 Å². The molecule has 2 saturated heterocycles. The van der Waals surface area contributed by atoms with Crippen LogP contribution in [-0.2, 0) is 14.3 Å². The number of carbonyl (C=O) groups is 1. The van der Waals surface area contributed by atoms with Crippen molar-refractivity contribution in [3.05, 3.63) is 12.2 Å². The van der Waals surface area contributed by atoms with Crippen molar-refractivity contribution in [3.63, 3.8) is 0 Å². The number of aliphatic hydroxyl groups excluding tert-OH is 3. The zero-order chi connectivity index (χ0) is 20.3. The largest absolute Gasteiger partial charge is 0.464 e. The quantitative estimate of drug-likeness (QED) is 0.394. The van der Waals surface area contributed by atoms with Gasteiger partial charge in [-0.15, -0.1) is 0 Å². The molecule has 6 aliphatic rings. The van der Waals surface area contributed by atoms with E-state index in [4.69, 9.17) is 9.47 Å². The van der Waals surface area contributed by atoms with E-state index >= 15 is 0 Å². The maximum Gasteiger partial charge on any atom is 0.293 e. The Bertz CT molecular complexity index is 736. The summed E-state index contributed by atoms with van der Waals surface area (Å²) in [6, 6.07) is 0. The van der Waals surface area contributed by atoms with Crippen molar-refractivity contribution < 1.29 is 34.7 Å². The van der Waals surface area contributed by atoms with E-state index in [2.05, 4.69) is 20.4 Å². The number of aliphatic hydroxyl groups is 4. The lowest BCUT2D eigenvalue weighted by atomic mass is 9.35. The van der Waals surface area contributed by atoms with Crippen molar-refractivity contribution in [2.24, 2.45) is 34.0 Å². The van der Waals surface area contributed by atoms with Crippen molar-refractivity contribution >= 4 is 6.47 Å². The van der Waals surface area contributed by atoms with E-state index < -0.39 is 52.9 Å². The Balaban J connectivity index is 1.80. The molecule has 4 aliphatic carbocycles. The minimum absolute atomic E-state index is 0.205. The molecule has 0 amide bonds. The summed E-state index contributed by atoms with van der Waals surface area (Å²) in [7, 11) is 0. The number of hydrogen-bond acceptors (Lipinski definition) is 7. The molecule has 7 heteroatoms. The normalized spacial score (nSPS) is 58.8. The van der Waals surface area contributed by atoms with Gasteiger partial charge in [-0.05, 0) is 30.3 Å². The van der Waals surface area contributed by atoms with Gasteiger partial charge in [-0.25, -0.2) is 0 Å². The Kier molecular flexibility index (Phi) is 3.65. The molecule has 0 aromatic heterocycles. The number of ether oxygens (including phenoxy) is 2. The van der Waals surface area contributed by atoms with Gasteiger partial charge in [0, 0.05) is 23.2 Å². The zero-order valence-electron chi connectivity index (χ0n) is 16.4. The van der Waals surface area contributed by atoms with Gasteiger partial charge in [0.1, 0.15) is 12.2 Å². The van der Waals surface area contributed by atoms with Crippen molar-refractivity contribution in [3.8, 4) is 0 Å². The molecule has 4 saturated carbocycles. The summed E-state index contributed by atoms with van der Waals surface area (Å²) in [5.41, 5.74) is -2.04. The highest BCUT2D eigenvalue weighted by Crippen LogP contribution is 2.77. The first-order chi connectivity index (χ1) is 13.1. The fourth-order valence-electron chi connectivity index (χ4n) is 8.46. The Morgan fingerprint density at radius 2 is 1.89 bits per heavy atom. The molecule has 28 heavy (non-hydrogen) atoms. The highest BCUT2D eigenvalue weighted by atomic mass is 16.6. The molecule has 4 N–H and O–H groups in total. The van der Waals surface area contributed by atoms with Crippen LogP contribution in [0.15, 0.2) is 12.2 Å². The number of rotatable bonds is 2. The van der Waals surface area contributed by atoms with E-state index in [9.17, 15) is 25.2 Å². The summed E-state index contributed by atoms with van der Waals surface area (Å²) in [6.45, 7) is 8.76. The van der Waals surface area contributed by atoms with Crippen molar-refractivity contribution in [1.82, 2.24) is 0 Å². The molecule has 0 aromatic carbocycles. The van der Waals surface area contributed by atoms with Crippen LogP contribution in [0, 0.1) is 34.0 Å². The van der Waals surface area contributed by atoms with Crippen LogP contribution in [0.5, 0.6) is 0 Å². The number of hydrogen-bond donors (Lipinski definition) is 4. The van der Waals surface area contributed by atoms with Gasteiger partial charge in [0.25, 0.3) is 6.47 Å². The van der Waals surface area contributed by atoms with Gasteiger partial charge in [-0.1, -0.05) is 26.8 Å². The number of carbonyl (C=O) groups excluding carboxylic acids is 1. The molecular formula is C21H30O7. The molecule has 2 heterocycles. The third kappa shape index (κ3) is 1.70. The molecule has 2 spiro atoms. The number of fused-ring (bicyclic) bond motifs is 2. The fourth-order valence-corrected chi connectivity index (χ4v) is 8.46. The van der Waals surface area contributed by atoms with Crippen molar-refractivity contribution in [2.75, 3.05) is 6.61 Å². The van der Waals surface area contributed by atoms with Gasteiger partial charge in [-0.2, -0.15) is 0 Å². The molecule has 0 radical (unpaired) electrons. The standard InChI is InChI=1S/C21H30O7/c1-10-11-7-12(27-9-22)13-19-6-4-5-18(2,3)14(19)17(25)21(26,28-8-19)20(13,15(10)23)16(11)24/h9,11-17,23-26H,1,4-8H2,2-3H3/t11-,12?,13-,14+,15?,16?,17-,19?,20-,21-/m0/s1. The maximum absolute atomic E-state index is 11.8. The van der Waals surface area contributed by atoms with Crippen LogP contribution in [0.1, 0.15) is 39.5 Å². The summed E-state index contributed by atoms with van der Waals surface area (Å²) < 4.78 is 11.5. The monoisotopic (exact) mass is 394 g/mol. The minimum atomic E-state index is -2.14. The SMILES string of the molecule is C=C1C(O)[C@]23C(O)[C@H]1CC(OC=O)[C@H]2C12CCCC(C)(C)[C@H]1[C@H](O)[C@]3(O)OC2. The van der Waals surface area contributed by atoms with Gasteiger partial charge in [0.2, 0.25) is 5.79 Å². The van der Waals surface area contributed by atoms with E-state index in [0.29, 0.717) is 18.5 Å². The second-order valence-electron chi connectivity index (χ2n) is 10.4. The van der Waals surface area contributed by atoms with E-state index in [1.165, 1.54) is 0 Å². The zero-order valence-corrected chi connectivity index (χ0v) is 16.4. The molecule has 156 valence electrons. The molecule has 6 fully saturated rings. The molecular weight excluding hydrogens is 364 g/mol. The lowest BCUT2D eigenvalue weighted by Crippen LogP contribution is -2.85. The third-order valence-corrected chi connectivity index (χ3v) is 9.20. The van der Waals surface area contributed by atoms with Gasteiger partial charge >= 0.3 is 0 Å². The first kappa shape index (κ1) is 19.0. The highest BCUT2D eigenvalue weighted by molar-refractivity contribution is 5.42. The molecule has 2 aliphatic heterocycles. The average molecular weight is 394 g/mol.